The molecule has 0 amide bonds. The molecule has 0 aliphatic heterocycles. The fraction of sp³-hybridized carbons (Fsp3) is 0.333. The molecule has 1 aromatic heterocycles. The number of benzene rings is 1. The van der Waals surface area contributed by atoms with E-state index in [4.69, 9.17) is 18.6 Å². The van der Waals surface area contributed by atoms with Crippen LogP contribution in [0.5, 0.6) is 0 Å². The van der Waals surface area contributed by atoms with E-state index >= 15 is 0 Å². The maximum absolute atomic E-state index is 4.89. The summed E-state index contributed by atoms with van der Waals surface area (Å²) in [6, 6.07) is 8.64. The zero-order valence-corrected chi connectivity index (χ0v) is 12.0. The van der Waals surface area contributed by atoms with Crippen LogP contribution in [0.4, 0.5) is 0 Å². The van der Waals surface area contributed by atoms with Crippen molar-refractivity contribution in [3.05, 3.63) is 35.5 Å². The van der Waals surface area contributed by atoms with E-state index in [1.165, 1.54) is 42.3 Å². The molecule has 1 heterocycles. The quantitative estimate of drug-likeness (QED) is 0.691. The van der Waals surface area contributed by atoms with Crippen molar-refractivity contribution < 1.29 is 17.0 Å². The molecule has 1 N–H and O–H groups in total. The zero-order valence-electron chi connectivity index (χ0n) is 8.89. The Morgan fingerprint density at radius 1 is 1.06 bits per heavy atom. The molecule has 3 rings (SSSR count). The first kappa shape index (κ1) is 12.5. The zero-order chi connectivity index (χ0) is 11.4. The average molecular weight is 290 g/mol. The van der Waals surface area contributed by atoms with Crippen molar-refractivity contribution in [1.29, 1.82) is 0 Å². The third-order valence-electron chi connectivity index (χ3n) is 3.01. The van der Waals surface area contributed by atoms with Gasteiger partial charge in [-0.05, 0) is 37.3 Å². The van der Waals surface area contributed by atoms with Crippen LogP contribution in [0.1, 0.15) is 24.1 Å². The van der Waals surface area contributed by atoms with Crippen LogP contribution in [-0.4, -0.2) is 4.98 Å². The van der Waals surface area contributed by atoms with Gasteiger partial charge in [-0.2, -0.15) is 0 Å². The molecule has 0 spiro atoms. The Morgan fingerprint density at radius 2 is 1.75 bits per heavy atom. The number of rotatable bonds is 0. The van der Waals surface area contributed by atoms with Gasteiger partial charge in [0.05, 0.1) is 0 Å². The second-order valence-corrected chi connectivity index (χ2v) is 6.49. The molecule has 0 fully saturated rings. The number of aromatic nitrogens is 1. The summed E-state index contributed by atoms with van der Waals surface area (Å²) in [5, 5.41) is 1.44. The standard InChI is InChI=1S/C12H13N.2ClH.Ti/c1-3-7-11-9(5-1)10-6-2-4-8-12(10)13-11;;;/h1,3,5,7,13H,2,4,6,8H2;2*1H;/q;;;+2/p-2. The first-order valence-corrected chi connectivity index (χ1v) is 9.71. The van der Waals surface area contributed by atoms with E-state index < -0.39 is 17.0 Å². The van der Waals surface area contributed by atoms with Crippen molar-refractivity contribution in [2.45, 2.75) is 25.7 Å². The molecule has 0 bridgehead atoms. The van der Waals surface area contributed by atoms with Crippen LogP contribution in [-0.2, 0) is 29.9 Å². The molecule has 0 saturated carbocycles. The summed E-state index contributed by atoms with van der Waals surface area (Å²) in [6.45, 7) is 0. The minimum Gasteiger partial charge on any atom is -0.358 e. The van der Waals surface area contributed by atoms with E-state index in [1.54, 1.807) is 5.56 Å². The first-order valence-electron chi connectivity index (χ1n) is 5.41. The minimum atomic E-state index is -0.556. The van der Waals surface area contributed by atoms with Crippen molar-refractivity contribution in [2.75, 3.05) is 0 Å². The summed E-state index contributed by atoms with van der Waals surface area (Å²) >= 11 is -0.556. The van der Waals surface area contributed by atoms with E-state index in [0.29, 0.717) is 0 Å². The number of aromatic amines is 1. The SMILES string of the molecule is [Cl][Ti][Cl].c1ccc2c3c([nH]c2c1)CCCC3. The average Bonchev–Trinajstić information content (AvgIpc) is 2.68. The van der Waals surface area contributed by atoms with E-state index in [-0.39, 0.29) is 0 Å². The first-order chi connectivity index (χ1) is 7.86. The predicted octanol–water partition coefficient (Wildman–Crippen LogP) is 4.42. The van der Waals surface area contributed by atoms with Gasteiger partial charge >= 0.3 is 35.6 Å². The molecule has 1 aliphatic rings. The van der Waals surface area contributed by atoms with Crippen molar-refractivity contribution in [2.24, 2.45) is 0 Å². The maximum atomic E-state index is 4.89. The van der Waals surface area contributed by atoms with E-state index in [9.17, 15) is 0 Å². The number of fused-ring (bicyclic) bond motifs is 3. The van der Waals surface area contributed by atoms with Gasteiger partial charge in [-0.1, -0.05) is 18.2 Å². The molecule has 4 heteroatoms. The summed E-state index contributed by atoms with van der Waals surface area (Å²) in [6.07, 6.45) is 5.21. The maximum Gasteiger partial charge on any atom is 0.0458 e. The molecule has 1 aliphatic carbocycles. The normalized spacial score (nSPS) is 13.9. The number of H-pyrrole nitrogens is 1. The number of halogens is 2. The van der Waals surface area contributed by atoms with Gasteiger partial charge in [-0.15, -0.1) is 0 Å². The Labute approximate surface area is 112 Å². The monoisotopic (exact) mass is 289 g/mol. The molecular formula is C12H13Cl2NTi. The van der Waals surface area contributed by atoms with Gasteiger partial charge in [0.1, 0.15) is 0 Å². The van der Waals surface area contributed by atoms with E-state index in [0.717, 1.165) is 0 Å². The number of hydrogen-bond acceptors (Lipinski definition) is 0. The van der Waals surface area contributed by atoms with Gasteiger partial charge in [0.2, 0.25) is 0 Å². The van der Waals surface area contributed by atoms with Crippen LogP contribution in [0.25, 0.3) is 10.9 Å². The summed E-state index contributed by atoms with van der Waals surface area (Å²) in [5.74, 6) is 0. The number of nitrogens with one attached hydrogen (secondary N) is 1. The van der Waals surface area contributed by atoms with Gasteiger partial charge < -0.3 is 4.98 Å². The molecule has 16 heavy (non-hydrogen) atoms. The fourth-order valence-corrected chi connectivity index (χ4v) is 2.36. The Kier molecular flexibility index (Phi) is 4.78. The van der Waals surface area contributed by atoms with E-state index in [1.807, 2.05) is 0 Å². The van der Waals surface area contributed by atoms with Gasteiger partial charge in [0.15, 0.2) is 0 Å². The largest absolute Gasteiger partial charge is 0.358 e. The van der Waals surface area contributed by atoms with Crippen LogP contribution in [0.2, 0.25) is 0 Å². The second-order valence-electron chi connectivity index (χ2n) is 3.91. The van der Waals surface area contributed by atoms with Crippen molar-refractivity contribution in [3.63, 3.8) is 0 Å². The van der Waals surface area contributed by atoms with Crippen molar-refractivity contribution >= 4 is 29.5 Å². The predicted molar refractivity (Wildman–Crippen MR) is 66.6 cm³/mol. The summed E-state index contributed by atoms with van der Waals surface area (Å²) in [4.78, 5) is 3.52. The molecule has 0 saturated heterocycles. The minimum absolute atomic E-state index is 0.556. The molecule has 0 unspecified atom stereocenters. The molecule has 2 aromatic rings. The van der Waals surface area contributed by atoms with E-state index in [2.05, 4.69) is 29.2 Å². The molecule has 84 valence electrons. The molecular weight excluding hydrogens is 277 g/mol. The topological polar surface area (TPSA) is 15.8 Å². The van der Waals surface area contributed by atoms with Crippen LogP contribution in [0, 0.1) is 0 Å². The molecule has 1 nitrogen and oxygen atoms in total. The van der Waals surface area contributed by atoms with Crippen LogP contribution < -0.4 is 0 Å². The second kappa shape index (κ2) is 6.11. The number of para-hydroxylation sites is 1. The van der Waals surface area contributed by atoms with Gasteiger partial charge in [-0.3, -0.25) is 0 Å². The van der Waals surface area contributed by atoms with Crippen molar-refractivity contribution in [3.8, 4) is 0 Å². The molecule has 1 aromatic carbocycles. The van der Waals surface area contributed by atoms with Crippen LogP contribution >= 0.6 is 18.6 Å². The Bertz CT molecular complexity index is 467. The molecule has 0 radical (unpaired) electrons. The van der Waals surface area contributed by atoms with Crippen LogP contribution in [0.15, 0.2) is 24.3 Å². The number of aryl methyl sites for hydroxylation is 2. The Morgan fingerprint density at radius 3 is 2.56 bits per heavy atom. The smallest absolute Gasteiger partial charge is 0.0458 e. The summed E-state index contributed by atoms with van der Waals surface area (Å²) < 4.78 is 0. The Hall–Kier alpha value is 0.0543. The summed E-state index contributed by atoms with van der Waals surface area (Å²) in [7, 11) is 9.78. The van der Waals surface area contributed by atoms with Gasteiger partial charge in [0, 0.05) is 16.6 Å². The van der Waals surface area contributed by atoms with Gasteiger partial charge in [-0.25, -0.2) is 0 Å². The number of hydrogen-bond donors (Lipinski definition) is 1. The molecule has 0 atom stereocenters. The third kappa shape index (κ3) is 2.65. The Balaban J connectivity index is 0.000000292. The van der Waals surface area contributed by atoms with Gasteiger partial charge in [0.25, 0.3) is 0 Å². The fourth-order valence-electron chi connectivity index (χ4n) is 2.36. The summed E-state index contributed by atoms with van der Waals surface area (Å²) in [5.41, 5.74) is 4.36. The van der Waals surface area contributed by atoms with Crippen molar-refractivity contribution in [1.82, 2.24) is 4.98 Å². The van der Waals surface area contributed by atoms with Crippen LogP contribution in [0.3, 0.4) is 0 Å². The third-order valence-corrected chi connectivity index (χ3v) is 3.01.